The summed E-state index contributed by atoms with van der Waals surface area (Å²) in [4.78, 5) is 4.11. The average molecular weight is 511 g/mol. The number of aromatic nitrogens is 1. The molecule has 0 atom stereocenters. The molecule has 0 saturated carbocycles. The number of pyridine rings is 1. The van der Waals surface area contributed by atoms with E-state index in [4.69, 9.17) is 28.3 Å². The van der Waals surface area contributed by atoms with Crippen LogP contribution in [0.15, 0.2) is 71.6 Å². The van der Waals surface area contributed by atoms with Gasteiger partial charge in [0.05, 0.1) is 16.0 Å². The van der Waals surface area contributed by atoms with Crippen LogP contribution < -0.4 is 5.14 Å². The summed E-state index contributed by atoms with van der Waals surface area (Å²) in [7, 11) is -4.31. The molecule has 0 amide bonds. The number of para-hydroxylation sites is 1. The molecule has 0 fully saturated rings. The maximum atomic E-state index is 13.2. The summed E-state index contributed by atoms with van der Waals surface area (Å²) >= 11 is 12.9. The van der Waals surface area contributed by atoms with Crippen molar-refractivity contribution in [3.05, 3.63) is 93.6 Å². The molecule has 10 heteroatoms. The third kappa shape index (κ3) is 4.99. The Morgan fingerprint density at radius 2 is 1.58 bits per heavy atom. The molecule has 1 aromatic heterocycles. The monoisotopic (exact) mass is 510 g/mol. The third-order valence-corrected chi connectivity index (χ3v) is 6.72. The number of halogens is 5. The Labute approximate surface area is 197 Å². The topological polar surface area (TPSA) is 73.1 Å². The summed E-state index contributed by atoms with van der Waals surface area (Å²) in [6.45, 7) is 0. The standard InChI is InChI=1S/C23H15Cl2F3N2O2S/c24-19-9-14(17-11-15(23(26,27)28)6-8-22(17)33(29,31)32)10-20(25)18(19)12-16-7-5-13-3-1-2-4-21(13)30-16/h1-11H,12H2,(H2,29,31,32). The Kier molecular flexibility index (Phi) is 6.13. The summed E-state index contributed by atoms with van der Waals surface area (Å²) in [5, 5.41) is 6.51. The SMILES string of the molecule is NS(=O)(=O)c1ccc(C(F)(F)F)cc1-c1cc(Cl)c(Cc2ccc3ccccc3n2)c(Cl)c1. The molecule has 0 unspecified atom stereocenters. The number of rotatable bonds is 4. The quantitative estimate of drug-likeness (QED) is 0.342. The van der Waals surface area contributed by atoms with Gasteiger partial charge in [-0.05, 0) is 53.6 Å². The Bertz CT molecular complexity index is 1470. The van der Waals surface area contributed by atoms with E-state index in [1.165, 1.54) is 12.1 Å². The molecule has 170 valence electrons. The molecule has 4 nitrogen and oxygen atoms in total. The molecule has 0 aliphatic rings. The largest absolute Gasteiger partial charge is 0.416 e. The van der Waals surface area contributed by atoms with Gasteiger partial charge in [0.15, 0.2) is 0 Å². The second-order valence-electron chi connectivity index (χ2n) is 7.34. The zero-order valence-corrected chi connectivity index (χ0v) is 19.0. The maximum absolute atomic E-state index is 13.2. The lowest BCUT2D eigenvalue weighted by Crippen LogP contribution is -2.15. The van der Waals surface area contributed by atoms with Crippen LogP contribution in [-0.2, 0) is 22.6 Å². The zero-order valence-electron chi connectivity index (χ0n) is 16.7. The molecule has 0 aliphatic carbocycles. The number of primary sulfonamides is 1. The summed E-state index contributed by atoms with van der Waals surface area (Å²) in [6.07, 6.45) is -4.41. The molecular formula is C23H15Cl2F3N2O2S. The minimum Gasteiger partial charge on any atom is -0.252 e. The first-order chi connectivity index (χ1) is 15.4. The van der Waals surface area contributed by atoms with E-state index in [0.29, 0.717) is 23.4 Å². The van der Waals surface area contributed by atoms with Gasteiger partial charge in [0.2, 0.25) is 10.0 Å². The Morgan fingerprint density at radius 3 is 2.21 bits per heavy atom. The van der Waals surface area contributed by atoms with Crippen LogP contribution in [0.2, 0.25) is 10.0 Å². The Morgan fingerprint density at radius 1 is 0.909 bits per heavy atom. The summed E-state index contributed by atoms with van der Waals surface area (Å²) in [5.74, 6) is 0. The zero-order chi connectivity index (χ0) is 24.0. The molecular weight excluding hydrogens is 496 g/mol. The van der Waals surface area contributed by atoms with Crippen LogP contribution in [0.25, 0.3) is 22.0 Å². The van der Waals surface area contributed by atoms with Gasteiger partial charge in [-0.15, -0.1) is 0 Å². The first kappa shape index (κ1) is 23.5. The number of hydrogen-bond donors (Lipinski definition) is 1. The number of sulfonamides is 1. The van der Waals surface area contributed by atoms with Crippen molar-refractivity contribution in [1.29, 1.82) is 0 Å². The fraction of sp³-hybridized carbons (Fsp3) is 0.0870. The van der Waals surface area contributed by atoms with Crippen molar-refractivity contribution in [1.82, 2.24) is 4.98 Å². The van der Waals surface area contributed by atoms with Crippen molar-refractivity contribution < 1.29 is 21.6 Å². The van der Waals surface area contributed by atoms with E-state index in [9.17, 15) is 21.6 Å². The molecule has 4 rings (SSSR count). The number of nitrogens with two attached hydrogens (primary N) is 1. The van der Waals surface area contributed by atoms with Gasteiger partial charge >= 0.3 is 6.18 Å². The van der Waals surface area contributed by atoms with E-state index in [-0.39, 0.29) is 27.6 Å². The van der Waals surface area contributed by atoms with E-state index >= 15 is 0 Å². The highest BCUT2D eigenvalue weighted by atomic mass is 35.5. The van der Waals surface area contributed by atoms with E-state index < -0.39 is 26.7 Å². The van der Waals surface area contributed by atoms with Gasteiger partial charge in [-0.1, -0.05) is 47.5 Å². The van der Waals surface area contributed by atoms with Gasteiger partial charge in [0.1, 0.15) is 0 Å². The molecule has 4 aromatic rings. The molecule has 0 aliphatic heterocycles. The van der Waals surface area contributed by atoms with Crippen molar-refractivity contribution >= 4 is 44.1 Å². The number of hydrogen-bond acceptors (Lipinski definition) is 3. The van der Waals surface area contributed by atoms with Crippen molar-refractivity contribution in [3.8, 4) is 11.1 Å². The first-order valence-corrected chi connectivity index (χ1v) is 11.8. The van der Waals surface area contributed by atoms with Gasteiger partial charge in [-0.2, -0.15) is 13.2 Å². The van der Waals surface area contributed by atoms with E-state index in [1.54, 1.807) is 0 Å². The van der Waals surface area contributed by atoms with Crippen molar-refractivity contribution in [2.45, 2.75) is 17.5 Å². The van der Waals surface area contributed by atoms with Gasteiger partial charge in [-0.25, -0.2) is 13.6 Å². The highest BCUT2D eigenvalue weighted by Gasteiger charge is 2.32. The molecule has 2 N–H and O–H groups in total. The molecule has 3 aromatic carbocycles. The van der Waals surface area contributed by atoms with Crippen LogP contribution >= 0.6 is 23.2 Å². The van der Waals surface area contributed by atoms with Crippen LogP contribution in [0, 0.1) is 0 Å². The smallest absolute Gasteiger partial charge is 0.252 e. The Hall–Kier alpha value is -2.65. The first-order valence-electron chi connectivity index (χ1n) is 9.50. The van der Waals surface area contributed by atoms with Gasteiger partial charge in [0.25, 0.3) is 0 Å². The van der Waals surface area contributed by atoms with Crippen LogP contribution in [0.3, 0.4) is 0 Å². The maximum Gasteiger partial charge on any atom is 0.416 e. The summed E-state index contributed by atoms with van der Waals surface area (Å²) in [5.41, 5.74) is 0.813. The van der Waals surface area contributed by atoms with E-state index in [0.717, 1.165) is 17.0 Å². The number of fused-ring (bicyclic) bond motifs is 1. The van der Waals surface area contributed by atoms with Crippen LogP contribution in [0.5, 0.6) is 0 Å². The molecule has 0 radical (unpaired) electrons. The fourth-order valence-corrected chi connectivity index (χ4v) is 4.86. The predicted octanol–water partition coefficient (Wildman–Crippen LogP) is 6.47. The molecule has 1 heterocycles. The highest BCUT2D eigenvalue weighted by Crippen LogP contribution is 2.39. The second kappa shape index (κ2) is 8.61. The van der Waals surface area contributed by atoms with Crippen LogP contribution in [-0.4, -0.2) is 13.4 Å². The summed E-state index contributed by atoms with van der Waals surface area (Å²) < 4.78 is 63.7. The minimum atomic E-state index is -4.68. The van der Waals surface area contributed by atoms with Crippen molar-refractivity contribution in [3.63, 3.8) is 0 Å². The van der Waals surface area contributed by atoms with E-state index in [1.807, 2.05) is 36.4 Å². The molecule has 0 saturated heterocycles. The minimum absolute atomic E-state index is 0.0929. The van der Waals surface area contributed by atoms with Gasteiger partial charge < -0.3 is 0 Å². The number of benzene rings is 3. The van der Waals surface area contributed by atoms with Gasteiger partial charge in [-0.3, -0.25) is 4.98 Å². The molecule has 0 bridgehead atoms. The number of nitrogens with zero attached hydrogens (tertiary/aromatic N) is 1. The molecule has 33 heavy (non-hydrogen) atoms. The summed E-state index contributed by atoms with van der Waals surface area (Å²) in [6, 6.07) is 16.2. The van der Waals surface area contributed by atoms with Crippen LogP contribution in [0.4, 0.5) is 13.2 Å². The average Bonchev–Trinajstić information content (AvgIpc) is 2.74. The van der Waals surface area contributed by atoms with E-state index in [2.05, 4.69) is 4.98 Å². The fourth-order valence-electron chi connectivity index (χ4n) is 3.50. The van der Waals surface area contributed by atoms with Crippen molar-refractivity contribution in [2.75, 3.05) is 0 Å². The highest BCUT2D eigenvalue weighted by molar-refractivity contribution is 7.89. The lowest BCUT2D eigenvalue weighted by Gasteiger charge is -2.15. The molecule has 0 spiro atoms. The lowest BCUT2D eigenvalue weighted by molar-refractivity contribution is -0.137. The predicted molar refractivity (Wildman–Crippen MR) is 123 cm³/mol. The number of alkyl halides is 3. The Balaban J connectivity index is 1.80. The normalized spacial score (nSPS) is 12.3. The van der Waals surface area contributed by atoms with Crippen LogP contribution in [0.1, 0.15) is 16.8 Å². The second-order valence-corrected chi connectivity index (χ2v) is 9.69. The van der Waals surface area contributed by atoms with Gasteiger partial charge in [0, 0.05) is 33.1 Å². The van der Waals surface area contributed by atoms with Crippen molar-refractivity contribution in [2.24, 2.45) is 5.14 Å². The lowest BCUT2D eigenvalue weighted by atomic mass is 9.99. The third-order valence-electron chi connectivity index (χ3n) is 5.08.